The standard InChI is InChI=1S/C9H10N2O2.ClH/c12-9(13)8-7-4-2-1-3-6(7)5-10-11-8;/h5H,1-4H2,(H,12,13);1H. The van der Waals surface area contributed by atoms with Crippen molar-refractivity contribution in [2.24, 2.45) is 0 Å². The van der Waals surface area contributed by atoms with Gasteiger partial charge in [0.15, 0.2) is 5.69 Å². The van der Waals surface area contributed by atoms with Crippen LogP contribution in [0.1, 0.15) is 34.5 Å². The second-order valence-electron chi connectivity index (χ2n) is 3.21. The Labute approximate surface area is 87.8 Å². The quantitative estimate of drug-likeness (QED) is 0.769. The normalized spacial score (nSPS) is 14.0. The highest BCUT2D eigenvalue weighted by atomic mass is 35.5. The van der Waals surface area contributed by atoms with Crippen LogP contribution in [0.15, 0.2) is 6.20 Å². The summed E-state index contributed by atoms with van der Waals surface area (Å²) in [6, 6.07) is 0. The van der Waals surface area contributed by atoms with Crippen LogP contribution >= 0.6 is 12.4 Å². The number of aromatic nitrogens is 2. The maximum atomic E-state index is 10.8. The van der Waals surface area contributed by atoms with Gasteiger partial charge in [-0.3, -0.25) is 0 Å². The molecule has 1 N–H and O–H groups in total. The molecule has 0 atom stereocenters. The van der Waals surface area contributed by atoms with Gasteiger partial charge in [0.25, 0.3) is 0 Å². The second kappa shape index (κ2) is 4.37. The molecule has 0 spiro atoms. The lowest BCUT2D eigenvalue weighted by molar-refractivity contribution is 0.0687. The molecular formula is C9H11ClN2O2. The van der Waals surface area contributed by atoms with Gasteiger partial charge in [-0.05, 0) is 36.8 Å². The third-order valence-electron chi connectivity index (χ3n) is 2.37. The van der Waals surface area contributed by atoms with E-state index in [4.69, 9.17) is 5.11 Å². The highest BCUT2D eigenvalue weighted by Gasteiger charge is 2.18. The monoisotopic (exact) mass is 214 g/mol. The van der Waals surface area contributed by atoms with E-state index in [-0.39, 0.29) is 18.1 Å². The fourth-order valence-electron chi connectivity index (χ4n) is 1.73. The molecule has 0 fully saturated rings. The maximum absolute atomic E-state index is 10.8. The molecule has 1 aliphatic rings. The van der Waals surface area contributed by atoms with Crippen molar-refractivity contribution in [2.45, 2.75) is 25.7 Å². The van der Waals surface area contributed by atoms with Crippen molar-refractivity contribution < 1.29 is 9.90 Å². The van der Waals surface area contributed by atoms with Crippen molar-refractivity contribution >= 4 is 18.4 Å². The van der Waals surface area contributed by atoms with Gasteiger partial charge in [-0.2, -0.15) is 5.10 Å². The highest BCUT2D eigenvalue weighted by Crippen LogP contribution is 2.21. The van der Waals surface area contributed by atoms with Crippen LogP contribution < -0.4 is 0 Å². The van der Waals surface area contributed by atoms with Gasteiger partial charge in [-0.25, -0.2) is 4.79 Å². The predicted octanol–water partition coefficient (Wildman–Crippen LogP) is 1.48. The molecule has 0 aliphatic heterocycles. The number of aromatic carboxylic acids is 1. The molecule has 1 aromatic rings. The van der Waals surface area contributed by atoms with Gasteiger partial charge in [0.2, 0.25) is 0 Å². The summed E-state index contributed by atoms with van der Waals surface area (Å²) in [5, 5.41) is 16.2. The zero-order valence-corrected chi connectivity index (χ0v) is 8.38. The van der Waals surface area contributed by atoms with Crippen molar-refractivity contribution in [3.8, 4) is 0 Å². The molecule has 0 unspecified atom stereocenters. The van der Waals surface area contributed by atoms with Crippen LogP contribution in [0, 0.1) is 0 Å². The molecule has 5 heteroatoms. The van der Waals surface area contributed by atoms with Gasteiger partial charge in [0, 0.05) is 0 Å². The number of halogens is 1. The van der Waals surface area contributed by atoms with Crippen molar-refractivity contribution in [2.75, 3.05) is 0 Å². The van der Waals surface area contributed by atoms with Gasteiger partial charge in [0.1, 0.15) is 0 Å². The molecule has 4 nitrogen and oxygen atoms in total. The van der Waals surface area contributed by atoms with Crippen LogP contribution in [-0.4, -0.2) is 21.3 Å². The molecule has 14 heavy (non-hydrogen) atoms. The zero-order chi connectivity index (χ0) is 9.26. The summed E-state index contributed by atoms with van der Waals surface area (Å²) < 4.78 is 0. The Morgan fingerprint density at radius 1 is 1.36 bits per heavy atom. The number of carboxylic acid groups (broad SMARTS) is 1. The number of hydrogen-bond acceptors (Lipinski definition) is 3. The molecule has 1 aliphatic carbocycles. The van der Waals surface area contributed by atoms with Crippen LogP contribution in [0.2, 0.25) is 0 Å². The summed E-state index contributed by atoms with van der Waals surface area (Å²) in [6.45, 7) is 0. The number of carbonyl (C=O) groups is 1. The SMILES string of the molecule is Cl.O=C(O)c1nncc2c1CCCC2. The number of rotatable bonds is 1. The van der Waals surface area contributed by atoms with Gasteiger partial charge in [-0.15, -0.1) is 17.5 Å². The van der Waals surface area contributed by atoms with E-state index >= 15 is 0 Å². The Kier molecular flexibility index (Phi) is 3.41. The lowest BCUT2D eigenvalue weighted by Gasteiger charge is -2.15. The topological polar surface area (TPSA) is 63.1 Å². The molecule has 0 radical (unpaired) electrons. The first-order valence-electron chi connectivity index (χ1n) is 4.36. The van der Waals surface area contributed by atoms with Crippen molar-refractivity contribution in [1.82, 2.24) is 10.2 Å². The molecule has 0 saturated heterocycles. The lowest BCUT2D eigenvalue weighted by Crippen LogP contribution is -2.13. The van der Waals surface area contributed by atoms with E-state index in [0.29, 0.717) is 0 Å². The van der Waals surface area contributed by atoms with E-state index in [1.54, 1.807) is 6.20 Å². The van der Waals surface area contributed by atoms with Crippen LogP contribution in [-0.2, 0) is 12.8 Å². The molecule has 76 valence electrons. The van der Waals surface area contributed by atoms with E-state index < -0.39 is 5.97 Å². The molecule has 0 amide bonds. The first-order chi connectivity index (χ1) is 6.29. The maximum Gasteiger partial charge on any atom is 0.356 e. The Morgan fingerprint density at radius 3 is 2.79 bits per heavy atom. The van der Waals surface area contributed by atoms with Crippen LogP contribution in [0.3, 0.4) is 0 Å². The van der Waals surface area contributed by atoms with E-state index in [9.17, 15) is 4.79 Å². The minimum absolute atomic E-state index is 0. The lowest BCUT2D eigenvalue weighted by atomic mass is 9.92. The summed E-state index contributed by atoms with van der Waals surface area (Å²) in [6.07, 6.45) is 5.62. The molecule has 1 heterocycles. The summed E-state index contributed by atoms with van der Waals surface area (Å²) in [4.78, 5) is 10.8. The molecule has 2 rings (SSSR count). The fourth-order valence-corrected chi connectivity index (χ4v) is 1.73. The van der Waals surface area contributed by atoms with Gasteiger partial charge >= 0.3 is 5.97 Å². The van der Waals surface area contributed by atoms with E-state index in [1.165, 1.54) is 0 Å². The number of hydrogen-bond donors (Lipinski definition) is 1. The molecule has 1 aromatic heterocycles. The third kappa shape index (κ3) is 1.85. The van der Waals surface area contributed by atoms with Gasteiger partial charge in [0.05, 0.1) is 6.20 Å². The first kappa shape index (κ1) is 10.9. The van der Waals surface area contributed by atoms with Gasteiger partial charge in [-0.1, -0.05) is 0 Å². The Morgan fingerprint density at radius 2 is 2.07 bits per heavy atom. The molecule has 0 aromatic carbocycles. The summed E-state index contributed by atoms with van der Waals surface area (Å²) in [5.41, 5.74) is 2.07. The Balaban J connectivity index is 0.000000980. The molecule has 0 bridgehead atoms. The highest BCUT2D eigenvalue weighted by molar-refractivity contribution is 5.87. The van der Waals surface area contributed by atoms with Gasteiger partial charge < -0.3 is 5.11 Å². The number of carboxylic acids is 1. The molecule has 0 saturated carbocycles. The zero-order valence-electron chi connectivity index (χ0n) is 7.56. The largest absolute Gasteiger partial charge is 0.476 e. The Bertz CT molecular complexity index is 355. The van der Waals surface area contributed by atoms with E-state index in [2.05, 4.69) is 10.2 Å². The summed E-state index contributed by atoms with van der Waals surface area (Å²) in [7, 11) is 0. The number of fused-ring (bicyclic) bond motifs is 1. The minimum Gasteiger partial charge on any atom is -0.476 e. The second-order valence-corrected chi connectivity index (χ2v) is 3.21. The van der Waals surface area contributed by atoms with Crippen molar-refractivity contribution in [3.63, 3.8) is 0 Å². The van der Waals surface area contributed by atoms with E-state index in [0.717, 1.165) is 36.8 Å². The van der Waals surface area contributed by atoms with Crippen molar-refractivity contribution in [3.05, 3.63) is 23.0 Å². The third-order valence-corrected chi connectivity index (χ3v) is 2.37. The average Bonchev–Trinajstić information content (AvgIpc) is 2.17. The van der Waals surface area contributed by atoms with Crippen LogP contribution in [0.5, 0.6) is 0 Å². The summed E-state index contributed by atoms with van der Waals surface area (Å²) in [5.74, 6) is -0.966. The first-order valence-corrected chi connectivity index (χ1v) is 4.36. The summed E-state index contributed by atoms with van der Waals surface area (Å²) >= 11 is 0. The predicted molar refractivity (Wildman–Crippen MR) is 52.9 cm³/mol. The average molecular weight is 215 g/mol. The number of aryl methyl sites for hydroxylation is 1. The van der Waals surface area contributed by atoms with Crippen molar-refractivity contribution in [1.29, 1.82) is 0 Å². The number of nitrogens with zero attached hydrogens (tertiary/aromatic N) is 2. The fraction of sp³-hybridized carbons (Fsp3) is 0.444. The van der Waals surface area contributed by atoms with Crippen LogP contribution in [0.4, 0.5) is 0 Å². The van der Waals surface area contributed by atoms with Crippen LogP contribution in [0.25, 0.3) is 0 Å². The smallest absolute Gasteiger partial charge is 0.356 e. The minimum atomic E-state index is -0.966. The molecular weight excluding hydrogens is 204 g/mol. The van der Waals surface area contributed by atoms with E-state index in [1.807, 2.05) is 0 Å². The Hall–Kier alpha value is -1.16.